The number of nitrogens with zero attached hydrogens (tertiary/aromatic N) is 5. The molecule has 4 heterocycles. The molecule has 0 fully saturated rings. The Labute approximate surface area is 226 Å². The number of amides is 1. The normalized spacial score (nSPS) is 12.3. The molecule has 0 saturated heterocycles. The highest BCUT2D eigenvalue weighted by Gasteiger charge is 2.17. The molecule has 4 aromatic heterocycles. The summed E-state index contributed by atoms with van der Waals surface area (Å²) in [4.78, 5) is 26.2. The first kappa shape index (κ1) is 27.0. The molecule has 1 atom stereocenters. The van der Waals surface area contributed by atoms with Gasteiger partial charge in [0.05, 0.1) is 40.3 Å². The summed E-state index contributed by atoms with van der Waals surface area (Å²) in [5, 5.41) is 20.6. The second-order valence-corrected chi connectivity index (χ2v) is 9.71. The molecule has 0 saturated carbocycles. The number of thiophene rings is 1. The summed E-state index contributed by atoms with van der Waals surface area (Å²) in [7, 11) is 0. The van der Waals surface area contributed by atoms with Gasteiger partial charge in [-0.25, -0.2) is 14.5 Å². The monoisotopic (exact) mass is 531 g/mol. The number of nitrogens with two attached hydrogens (primary N) is 1. The summed E-state index contributed by atoms with van der Waals surface area (Å²) in [6, 6.07) is 9.59. The third-order valence-corrected chi connectivity index (χ3v) is 7.15. The van der Waals surface area contributed by atoms with Gasteiger partial charge in [-0.3, -0.25) is 9.69 Å². The smallest absolute Gasteiger partial charge is 0.251 e. The highest BCUT2D eigenvalue weighted by molar-refractivity contribution is 7.13. The van der Waals surface area contributed by atoms with Gasteiger partial charge in [0.1, 0.15) is 5.82 Å². The molecule has 5 N–H and O–H groups in total. The predicted octanol–water partition coefficient (Wildman–Crippen LogP) is 3.88. The molecule has 11 heteroatoms. The highest BCUT2D eigenvalue weighted by Crippen LogP contribution is 2.28. The zero-order valence-electron chi connectivity index (χ0n) is 21.8. The van der Waals surface area contributed by atoms with Crippen molar-refractivity contribution in [3.8, 4) is 21.8 Å². The van der Waals surface area contributed by atoms with Crippen LogP contribution in [0.2, 0.25) is 0 Å². The van der Waals surface area contributed by atoms with Crippen molar-refractivity contribution in [3.05, 3.63) is 65.9 Å². The van der Waals surface area contributed by atoms with Crippen molar-refractivity contribution in [2.24, 2.45) is 5.73 Å². The maximum atomic E-state index is 13.2. The van der Waals surface area contributed by atoms with E-state index in [9.17, 15) is 4.79 Å². The highest BCUT2D eigenvalue weighted by atomic mass is 32.1. The van der Waals surface area contributed by atoms with Crippen LogP contribution in [0.3, 0.4) is 0 Å². The average molecular weight is 532 g/mol. The van der Waals surface area contributed by atoms with E-state index in [4.69, 9.17) is 21.1 Å². The molecular weight excluding hydrogens is 498 g/mol. The zero-order chi connectivity index (χ0) is 27.1. The Morgan fingerprint density at radius 1 is 1.24 bits per heavy atom. The van der Waals surface area contributed by atoms with Crippen LogP contribution in [0.15, 0.2) is 60.4 Å². The second kappa shape index (κ2) is 12.4. The van der Waals surface area contributed by atoms with Gasteiger partial charge in [-0.15, -0.1) is 11.3 Å². The Morgan fingerprint density at radius 3 is 2.76 bits per heavy atom. The number of pyridine rings is 1. The molecule has 0 aromatic carbocycles. The van der Waals surface area contributed by atoms with Gasteiger partial charge in [-0.1, -0.05) is 19.9 Å². The Hall–Kier alpha value is -4.09. The Kier molecular flexibility index (Phi) is 8.82. The number of anilines is 1. The number of carbonyl (C=O) groups excluding carboxylic acids is 1. The standard InChI is InChI=1S/C27H33N9OS/c1-4-35(5-2)18(3)15-31-27(37)19-13-23(33-25(14-19)30-16-20(29)8-10-28)21-17-32-36-11-9-22(34-26(21)36)24-7-6-12-38-24/h6-14,17-18,29H,4-5,15-16,28H2,1-3H3,(H,30,33)(H,31,37)/b10-8-,29-20?. The molecule has 1 unspecified atom stereocenters. The number of aromatic nitrogens is 4. The first-order valence-corrected chi connectivity index (χ1v) is 13.4. The van der Waals surface area contributed by atoms with Gasteiger partial charge in [0, 0.05) is 24.3 Å². The van der Waals surface area contributed by atoms with Crippen molar-refractivity contribution in [1.82, 2.24) is 29.8 Å². The van der Waals surface area contributed by atoms with Gasteiger partial charge in [-0.05, 0) is 61.9 Å². The second-order valence-electron chi connectivity index (χ2n) is 8.76. The van der Waals surface area contributed by atoms with Crippen molar-refractivity contribution < 1.29 is 4.79 Å². The first-order valence-electron chi connectivity index (χ1n) is 12.6. The third kappa shape index (κ3) is 6.24. The van der Waals surface area contributed by atoms with Crippen LogP contribution in [-0.4, -0.2) is 68.3 Å². The summed E-state index contributed by atoms with van der Waals surface area (Å²) in [5.41, 5.74) is 8.90. The van der Waals surface area contributed by atoms with Gasteiger partial charge in [-0.2, -0.15) is 5.10 Å². The van der Waals surface area contributed by atoms with Gasteiger partial charge in [0.2, 0.25) is 0 Å². The summed E-state index contributed by atoms with van der Waals surface area (Å²) in [6.45, 7) is 8.89. The quantitative estimate of drug-likeness (QED) is 0.204. The number of carbonyl (C=O) groups is 1. The Bertz CT molecular complexity index is 1420. The molecule has 0 spiro atoms. The molecule has 0 bridgehead atoms. The molecule has 0 aliphatic heterocycles. The molecule has 1 amide bonds. The summed E-state index contributed by atoms with van der Waals surface area (Å²) in [5.74, 6) is 0.268. The van der Waals surface area contributed by atoms with E-state index in [1.54, 1.807) is 34.2 Å². The summed E-state index contributed by atoms with van der Waals surface area (Å²) >= 11 is 1.62. The van der Waals surface area contributed by atoms with E-state index >= 15 is 0 Å². The molecule has 4 aromatic rings. The molecule has 0 aliphatic carbocycles. The Morgan fingerprint density at radius 2 is 2.05 bits per heavy atom. The summed E-state index contributed by atoms with van der Waals surface area (Å²) < 4.78 is 1.70. The van der Waals surface area contributed by atoms with E-state index in [-0.39, 0.29) is 24.2 Å². The molecule has 38 heavy (non-hydrogen) atoms. The fourth-order valence-corrected chi connectivity index (χ4v) is 4.88. The van der Waals surface area contributed by atoms with E-state index < -0.39 is 0 Å². The lowest BCUT2D eigenvalue weighted by Crippen LogP contribution is -2.42. The van der Waals surface area contributed by atoms with Crippen LogP contribution >= 0.6 is 11.3 Å². The molecule has 10 nitrogen and oxygen atoms in total. The van der Waals surface area contributed by atoms with Crippen LogP contribution in [0, 0.1) is 5.41 Å². The van der Waals surface area contributed by atoms with Gasteiger partial charge in [0.15, 0.2) is 5.65 Å². The van der Waals surface area contributed by atoms with Crippen LogP contribution in [0.1, 0.15) is 31.1 Å². The van der Waals surface area contributed by atoms with Crippen molar-refractivity contribution in [3.63, 3.8) is 0 Å². The SMILES string of the molecule is CCN(CC)C(C)CNC(=O)c1cc(NCC(=N)/C=C\N)nc(-c2cnn3ccc(-c4cccs4)nc23)c1. The van der Waals surface area contributed by atoms with Crippen LogP contribution in [0.5, 0.6) is 0 Å². The topological polar surface area (TPSA) is 137 Å². The number of nitrogens with one attached hydrogen (secondary N) is 3. The van der Waals surface area contributed by atoms with E-state index in [1.807, 2.05) is 29.8 Å². The van der Waals surface area contributed by atoms with Crippen LogP contribution in [0.25, 0.3) is 27.5 Å². The van der Waals surface area contributed by atoms with E-state index in [0.29, 0.717) is 34.8 Å². The first-order chi connectivity index (χ1) is 18.4. The number of hydrogen-bond donors (Lipinski definition) is 4. The summed E-state index contributed by atoms with van der Waals surface area (Å²) in [6.07, 6.45) is 6.39. The molecule has 198 valence electrons. The van der Waals surface area contributed by atoms with Crippen LogP contribution in [0.4, 0.5) is 5.82 Å². The van der Waals surface area contributed by atoms with E-state index in [0.717, 1.165) is 23.7 Å². The average Bonchev–Trinajstić information content (AvgIpc) is 3.61. The van der Waals surface area contributed by atoms with Crippen molar-refractivity contribution in [2.45, 2.75) is 26.8 Å². The van der Waals surface area contributed by atoms with Crippen molar-refractivity contribution in [2.75, 3.05) is 31.5 Å². The zero-order valence-corrected chi connectivity index (χ0v) is 22.6. The maximum Gasteiger partial charge on any atom is 0.251 e. The number of hydrogen-bond acceptors (Lipinski definition) is 9. The Balaban J connectivity index is 1.68. The van der Waals surface area contributed by atoms with E-state index in [1.165, 1.54) is 12.3 Å². The fraction of sp³-hybridized carbons (Fsp3) is 0.296. The molecular formula is C27H33N9OS. The lowest BCUT2D eigenvalue weighted by Gasteiger charge is -2.26. The predicted molar refractivity (Wildman–Crippen MR) is 154 cm³/mol. The van der Waals surface area contributed by atoms with Crippen molar-refractivity contribution in [1.29, 1.82) is 5.41 Å². The fourth-order valence-electron chi connectivity index (χ4n) is 4.18. The third-order valence-electron chi connectivity index (χ3n) is 6.26. The van der Waals surface area contributed by atoms with Crippen molar-refractivity contribution >= 4 is 34.4 Å². The number of rotatable bonds is 12. The minimum Gasteiger partial charge on any atom is -0.405 e. The molecule has 4 rings (SSSR count). The largest absolute Gasteiger partial charge is 0.405 e. The maximum absolute atomic E-state index is 13.2. The van der Waals surface area contributed by atoms with Gasteiger partial charge < -0.3 is 21.8 Å². The minimum atomic E-state index is -0.198. The molecule has 0 radical (unpaired) electrons. The number of fused-ring (bicyclic) bond motifs is 1. The number of likely N-dealkylation sites (N-methyl/N-ethyl adjacent to an activating group) is 1. The molecule has 0 aliphatic rings. The lowest BCUT2D eigenvalue weighted by atomic mass is 10.1. The van der Waals surface area contributed by atoms with E-state index in [2.05, 4.69) is 41.4 Å². The van der Waals surface area contributed by atoms with Gasteiger partial charge in [0.25, 0.3) is 5.91 Å². The lowest BCUT2D eigenvalue weighted by molar-refractivity contribution is 0.0938. The van der Waals surface area contributed by atoms with Gasteiger partial charge >= 0.3 is 0 Å². The van der Waals surface area contributed by atoms with Crippen LogP contribution in [-0.2, 0) is 0 Å². The minimum absolute atomic E-state index is 0.198. The van der Waals surface area contributed by atoms with Crippen LogP contribution < -0.4 is 16.4 Å².